The molecule has 0 bridgehead atoms. The Morgan fingerprint density at radius 2 is 0.900 bits per heavy atom. The molecular weight excluding hydrogens is 389 g/mol. The van der Waals surface area contributed by atoms with E-state index in [-0.39, 0.29) is 5.52 Å². The van der Waals surface area contributed by atoms with E-state index < -0.39 is 8.15 Å². The van der Waals surface area contributed by atoms with Crippen LogP contribution in [0.5, 0.6) is 0 Å². The lowest BCUT2D eigenvalue weighted by atomic mass is 10.0. The lowest BCUT2D eigenvalue weighted by molar-refractivity contribution is -0.861. The number of unbranched alkanes of at least 4 members (excludes halogenated alkanes) is 18. The minimum atomic E-state index is -1.41. The largest absolute Gasteiger partial charge is 0.366 e. The Balaban J connectivity index is 3.22. The quantitative estimate of drug-likeness (QED) is 0.0983. The Kier molecular flexibility index (Phi) is 20.9. The second-order valence-electron chi connectivity index (χ2n) is 10.3. The maximum absolute atomic E-state index is 11.9. The molecule has 0 spiro atoms. The normalized spacial score (nSPS) is 13.0. The van der Waals surface area contributed by atoms with Gasteiger partial charge in [0.1, 0.15) is 14.7 Å². The summed E-state index contributed by atoms with van der Waals surface area (Å²) in [5.74, 6) is 0. The first-order valence-corrected chi connectivity index (χ1v) is 14.6. The second kappa shape index (κ2) is 20.9. The van der Waals surface area contributed by atoms with Gasteiger partial charge in [0.05, 0.1) is 21.1 Å². The number of hydrogen-bond donors (Lipinski definition) is 1. The van der Waals surface area contributed by atoms with E-state index in [4.69, 9.17) is 0 Å². The van der Waals surface area contributed by atoms with Gasteiger partial charge in [-0.05, 0) is 12.6 Å². The summed E-state index contributed by atoms with van der Waals surface area (Å²) in [5, 5.41) is 0. The predicted octanol–water partition coefficient (Wildman–Crippen LogP) is 8.04. The van der Waals surface area contributed by atoms with Crippen LogP contribution < -0.4 is 0 Å². The summed E-state index contributed by atoms with van der Waals surface area (Å²) >= 11 is 0. The molecule has 0 radical (unpaired) electrons. The van der Waals surface area contributed by atoms with Crippen molar-refractivity contribution < 1.29 is 14.2 Å². The first kappa shape index (κ1) is 30.0. The predicted molar refractivity (Wildman–Crippen MR) is 135 cm³/mol. The molecule has 0 heterocycles. The number of nitrogens with zero attached hydrogens (tertiary/aromatic N) is 1. The number of carbonyl (C=O) groups is 1. The zero-order valence-electron chi connectivity index (χ0n) is 21.1. The molecule has 0 aromatic rings. The Bertz CT molecular complexity index is 382. The van der Waals surface area contributed by atoms with Gasteiger partial charge >= 0.3 is 0 Å². The van der Waals surface area contributed by atoms with E-state index in [1.54, 1.807) is 0 Å². The van der Waals surface area contributed by atoms with E-state index in [1.807, 2.05) is 21.1 Å². The van der Waals surface area contributed by atoms with Gasteiger partial charge < -0.3 is 9.38 Å². The summed E-state index contributed by atoms with van der Waals surface area (Å²) in [7, 11) is 4.59. The summed E-state index contributed by atoms with van der Waals surface area (Å²) < 4.78 is 0.609. The average Bonchev–Trinajstić information content (AvgIpc) is 2.68. The highest BCUT2D eigenvalue weighted by Crippen LogP contribution is 2.33. The Hall–Kier alpha value is 0.0200. The first-order chi connectivity index (χ1) is 14.4. The molecule has 0 aromatic carbocycles. The minimum Gasteiger partial charge on any atom is -0.366 e. The fraction of sp³-hybridized carbons (Fsp3) is 0.962. The smallest absolute Gasteiger partial charge is 0.234 e. The molecule has 0 saturated heterocycles. The fourth-order valence-electron chi connectivity index (χ4n) is 3.95. The van der Waals surface area contributed by atoms with E-state index in [0.29, 0.717) is 17.2 Å². The molecule has 1 unspecified atom stereocenters. The van der Waals surface area contributed by atoms with Crippen molar-refractivity contribution in [1.82, 2.24) is 0 Å². The molecule has 0 saturated carbocycles. The van der Waals surface area contributed by atoms with Gasteiger partial charge in [0.2, 0.25) is 5.52 Å². The standard InChI is InChI=1S/C26H55NO2P/c1-5-6-7-8-9-10-11-12-13-14-15-16-17-18-19-20-21-22-23-24-30(29)26(28)25-27(2,3)4/h29H,5-25H2,1-4H3/q+1. The SMILES string of the molecule is CCCCCCCCCCCCCCCCCCCCCP(O)C(=O)C[N+](C)(C)C. The molecule has 1 atom stereocenters. The molecule has 0 amide bonds. The molecular formula is C26H55NO2P+. The Labute approximate surface area is 190 Å². The fourth-order valence-corrected chi connectivity index (χ4v) is 5.31. The highest BCUT2D eigenvalue weighted by molar-refractivity contribution is 7.69. The van der Waals surface area contributed by atoms with Gasteiger partial charge in [0.25, 0.3) is 0 Å². The van der Waals surface area contributed by atoms with E-state index in [0.717, 1.165) is 12.8 Å². The maximum atomic E-state index is 11.9. The lowest BCUT2D eigenvalue weighted by Crippen LogP contribution is -2.39. The molecule has 0 aliphatic rings. The Morgan fingerprint density at radius 1 is 0.600 bits per heavy atom. The summed E-state index contributed by atoms with van der Waals surface area (Å²) in [4.78, 5) is 22.0. The van der Waals surface area contributed by atoms with Crippen molar-refractivity contribution in [1.29, 1.82) is 0 Å². The van der Waals surface area contributed by atoms with E-state index >= 15 is 0 Å². The summed E-state index contributed by atoms with van der Waals surface area (Å²) in [6.07, 6.45) is 26.8. The molecule has 30 heavy (non-hydrogen) atoms. The highest BCUT2D eigenvalue weighted by Gasteiger charge is 2.21. The second-order valence-corrected chi connectivity index (χ2v) is 12.1. The van der Waals surface area contributed by atoms with Gasteiger partial charge in [-0.3, -0.25) is 4.79 Å². The number of carbonyl (C=O) groups excluding carboxylic acids is 1. The van der Waals surface area contributed by atoms with Gasteiger partial charge in [-0.25, -0.2) is 0 Å². The lowest BCUT2D eigenvalue weighted by Gasteiger charge is -2.23. The average molecular weight is 445 g/mol. The van der Waals surface area contributed by atoms with Crippen molar-refractivity contribution >= 4 is 13.7 Å². The van der Waals surface area contributed by atoms with Crippen molar-refractivity contribution in [2.75, 3.05) is 33.8 Å². The Morgan fingerprint density at radius 3 is 1.20 bits per heavy atom. The van der Waals surface area contributed by atoms with Crippen molar-refractivity contribution in [3.05, 3.63) is 0 Å². The van der Waals surface area contributed by atoms with Crippen molar-refractivity contribution in [2.45, 2.75) is 129 Å². The van der Waals surface area contributed by atoms with Crippen LogP contribution in [0.25, 0.3) is 0 Å². The number of hydrogen-bond acceptors (Lipinski definition) is 2. The van der Waals surface area contributed by atoms with Crippen LogP contribution in [0.1, 0.15) is 129 Å². The molecule has 1 N–H and O–H groups in total. The zero-order valence-corrected chi connectivity index (χ0v) is 22.0. The minimum absolute atomic E-state index is 0.0555. The van der Waals surface area contributed by atoms with Crippen molar-refractivity contribution in [3.8, 4) is 0 Å². The van der Waals surface area contributed by atoms with Gasteiger partial charge in [0.15, 0.2) is 0 Å². The van der Waals surface area contributed by atoms with Crippen LogP contribution in [-0.4, -0.2) is 48.8 Å². The van der Waals surface area contributed by atoms with Crippen LogP contribution in [0.3, 0.4) is 0 Å². The molecule has 0 aromatic heterocycles. The summed E-state index contributed by atoms with van der Waals surface area (Å²) in [5.41, 5.74) is 0.0555. The van der Waals surface area contributed by atoms with Gasteiger partial charge in [-0.1, -0.05) is 122 Å². The maximum Gasteiger partial charge on any atom is 0.234 e. The monoisotopic (exact) mass is 444 g/mol. The van der Waals surface area contributed by atoms with E-state index in [9.17, 15) is 9.69 Å². The molecule has 4 heteroatoms. The van der Waals surface area contributed by atoms with Crippen LogP contribution in [0, 0.1) is 0 Å². The third-order valence-electron chi connectivity index (χ3n) is 5.87. The first-order valence-electron chi connectivity index (χ1n) is 13.2. The summed E-state index contributed by atoms with van der Waals surface area (Å²) in [6.45, 7) is 2.73. The molecule has 0 fully saturated rings. The topological polar surface area (TPSA) is 37.3 Å². The summed E-state index contributed by atoms with van der Waals surface area (Å²) in [6, 6.07) is 0. The molecule has 3 nitrogen and oxygen atoms in total. The van der Waals surface area contributed by atoms with Gasteiger partial charge in [0, 0.05) is 0 Å². The van der Waals surface area contributed by atoms with Gasteiger partial charge in [-0.2, -0.15) is 0 Å². The molecule has 0 aliphatic heterocycles. The van der Waals surface area contributed by atoms with Gasteiger partial charge in [-0.15, -0.1) is 0 Å². The van der Waals surface area contributed by atoms with E-state index in [1.165, 1.54) is 109 Å². The zero-order chi connectivity index (χ0) is 22.5. The number of likely N-dealkylation sites (N-methyl/N-ethyl adjacent to an activating group) is 1. The third kappa shape index (κ3) is 22.7. The number of quaternary nitrogens is 1. The molecule has 0 rings (SSSR count). The highest BCUT2D eigenvalue weighted by atomic mass is 31.1. The van der Waals surface area contributed by atoms with Crippen molar-refractivity contribution in [3.63, 3.8) is 0 Å². The molecule has 0 aliphatic carbocycles. The van der Waals surface area contributed by atoms with E-state index in [2.05, 4.69) is 6.92 Å². The molecule has 180 valence electrons. The third-order valence-corrected chi connectivity index (χ3v) is 7.33. The van der Waals surface area contributed by atoms with Crippen LogP contribution >= 0.6 is 8.15 Å². The van der Waals surface area contributed by atoms with Crippen LogP contribution in [0.15, 0.2) is 0 Å². The van der Waals surface area contributed by atoms with Crippen molar-refractivity contribution in [2.24, 2.45) is 0 Å². The van der Waals surface area contributed by atoms with Crippen LogP contribution in [0.4, 0.5) is 0 Å². The number of rotatable bonds is 23. The van der Waals surface area contributed by atoms with Crippen LogP contribution in [0.2, 0.25) is 0 Å². The van der Waals surface area contributed by atoms with Crippen LogP contribution in [-0.2, 0) is 4.79 Å².